The number of hydrogen-bond donors (Lipinski definition) is 0. The highest BCUT2D eigenvalue weighted by Gasteiger charge is 2.33. The summed E-state index contributed by atoms with van der Waals surface area (Å²) in [4.78, 5) is 29.9. The van der Waals surface area contributed by atoms with Crippen LogP contribution in [0.15, 0.2) is 35.5 Å². The number of nitrogens with zero attached hydrogens (tertiary/aromatic N) is 3. The molecule has 2 aromatic rings. The molecule has 1 saturated heterocycles. The van der Waals surface area contributed by atoms with Crippen molar-refractivity contribution in [1.82, 2.24) is 14.5 Å². The first-order valence-electron chi connectivity index (χ1n) is 7.37. The second-order valence-electron chi connectivity index (χ2n) is 5.30. The predicted octanol–water partition coefficient (Wildman–Crippen LogP) is 3.55. The van der Waals surface area contributed by atoms with E-state index >= 15 is 0 Å². The maximum Gasteiger partial charge on any atom is 0.293 e. The SMILES string of the molecule is CCN1C(=O)S/C(=C/c2cc(C)n(-c3cccnc3)c2C)C1=O. The Labute approximate surface area is 139 Å². The molecule has 2 aromatic heterocycles. The normalized spacial score (nSPS) is 16.7. The van der Waals surface area contributed by atoms with Crippen molar-refractivity contribution in [2.45, 2.75) is 20.8 Å². The van der Waals surface area contributed by atoms with Crippen molar-refractivity contribution in [2.24, 2.45) is 0 Å². The molecule has 0 bridgehead atoms. The summed E-state index contributed by atoms with van der Waals surface area (Å²) in [5.74, 6) is -0.214. The van der Waals surface area contributed by atoms with Gasteiger partial charge in [0.1, 0.15) is 0 Å². The fourth-order valence-electron chi connectivity index (χ4n) is 2.73. The number of aryl methyl sites for hydroxylation is 1. The Morgan fingerprint density at radius 3 is 2.70 bits per heavy atom. The van der Waals surface area contributed by atoms with E-state index < -0.39 is 0 Å². The van der Waals surface area contributed by atoms with Crippen molar-refractivity contribution in [1.29, 1.82) is 0 Å². The summed E-state index contributed by atoms with van der Waals surface area (Å²) in [5, 5.41) is -0.204. The number of aromatic nitrogens is 2. The quantitative estimate of drug-likeness (QED) is 0.809. The van der Waals surface area contributed by atoms with E-state index in [1.807, 2.05) is 32.0 Å². The van der Waals surface area contributed by atoms with E-state index in [2.05, 4.69) is 9.55 Å². The first-order chi connectivity index (χ1) is 11.0. The van der Waals surface area contributed by atoms with E-state index in [0.29, 0.717) is 11.4 Å². The molecule has 0 spiro atoms. The summed E-state index contributed by atoms with van der Waals surface area (Å²) in [6.45, 7) is 6.20. The van der Waals surface area contributed by atoms with Crippen molar-refractivity contribution in [2.75, 3.05) is 6.54 Å². The fraction of sp³-hybridized carbons (Fsp3) is 0.235. The average molecular weight is 327 g/mol. The molecule has 23 heavy (non-hydrogen) atoms. The second-order valence-corrected chi connectivity index (χ2v) is 6.29. The van der Waals surface area contributed by atoms with Crippen LogP contribution in [0, 0.1) is 13.8 Å². The van der Waals surface area contributed by atoms with Gasteiger partial charge in [-0.3, -0.25) is 19.5 Å². The molecule has 0 atom stereocenters. The van der Waals surface area contributed by atoms with Gasteiger partial charge in [-0.15, -0.1) is 0 Å². The van der Waals surface area contributed by atoms with Crippen LogP contribution in [0.1, 0.15) is 23.9 Å². The van der Waals surface area contributed by atoms with Gasteiger partial charge in [0.2, 0.25) is 0 Å². The zero-order chi connectivity index (χ0) is 16.6. The van der Waals surface area contributed by atoms with Crippen LogP contribution in [0.2, 0.25) is 0 Å². The zero-order valence-electron chi connectivity index (χ0n) is 13.2. The van der Waals surface area contributed by atoms with Gasteiger partial charge in [0, 0.05) is 24.1 Å². The molecule has 1 fully saturated rings. The summed E-state index contributed by atoms with van der Waals surface area (Å²) in [6, 6.07) is 5.89. The average Bonchev–Trinajstić information content (AvgIpc) is 2.96. The first kappa shape index (κ1) is 15.6. The smallest absolute Gasteiger partial charge is 0.293 e. The third-order valence-corrected chi connectivity index (χ3v) is 4.76. The minimum atomic E-state index is -0.214. The second kappa shape index (κ2) is 6.04. The van der Waals surface area contributed by atoms with Gasteiger partial charge in [0.05, 0.1) is 16.8 Å². The standard InChI is InChI=1S/C17H17N3O2S/c1-4-19-16(21)15(23-17(19)22)9-13-8-11(2)20(12(13)3)14-6-5-7-18-10-14/h5-10H,4H2,1-3H3/b15-9+. The predicted molar refractivity (Wildman–Crippen MR) is 91.4 cm³/mol. The largest absolute Gasteiger partial charge is 0.316 e. The summed E-state index contributed by atoms with van der Waals surface area (Å²) in [7, 11) is 0. The van der Waals surface area contributed by atoms with E-state index in [0.717, 1.165) is 34.4 Å². The molecule has 3 heterocycles. The van der Waals surface area contributed by atoms with E-state index in [9.17, 15) is 9.59 Å². The third kappa shape index (κ3) is 2.70. The highest BCUT2D eigenvalue weighted by molar-refractivity contribution is 8.18. The van der Waals surface area contributed by atoms with E-state index in [4.69, 9.17) is 0 Å². The van der Waals surface area contributed by atoms with Gasteiger partial charge in [-0.1, -0.05) is 0 Å². The minimum absolute atomic E-state index is 0.204. The molecule has 0 aromatic carbocycles. The minimum Gasteiger partial charge on any atom is -0.316 e. The maximum absolute atomic E-state index is 12.2. The Bertz CT molecular complexity index is 809. The Kier molecular flexibility index (Phi) is 4.09. The lowest BCUT2D eigenvalue weighted by Crippen LogP contribution is -2.27. The van der Waals surface area contributed by atoms with Gasteiger partial charge in [0.15, 0.2) is 0 Å². The molecule has 3 rings (SSSR count). The molecule has 0 aliphatic carbocycles. The number of pyridine rings is 1. The van der Waals surface area contributed by atoms with Crippen molar-refractivity contribution in [3.05, 3.63) is 52.4 Å². The van der Waals surface area contributed by atoms with Crippen LogP contribution in [0.3, 0.4) is 0 Å². The molecule has 0 unspecified atom stereocenters. The summed E-state index contributed by atoms with van der Waals surface area (Å²) >= 11 is 0.998. The van der Waals surface area contributed by atoms with E-state index in [1.54, 1.807) is 25.4 Å². The number of carbonyl (C=O) groups is 2. The monoisotopic (exact) mass is 327 g/mol. The topological polar surface area (TPSA) is 55.2 Å². The van der Waals surface area contributed by atoms with Gasteiger partial charge in [-0.25, -0.2) is 0 Å². The van der Waals surface area contributed by atoms with Crippen LogP contribution in [0.5, 0.6) is 0 Å². The number of rotatable bonds is 3. The van der Waals surface area contributed by atoms with Gasteiger partial charge >= 0.3 is 0 Å². The van der Waals surface area contributed by atoms with Crippen LogP contribution in [0.4, 0.5) is 4.79 Å². The molecule has 1 aliphatic rings. The van der Waals surface area contributed by atoms with Crippen LogP contribution in [-0.2, 0) is 4.79 Å². The van der Waals surface area contributed by atoms with Gasteiger partial charge in [0.25, 0.3) is 11.1 Å². The molecule has 2 amide bonds. The number of amides is 2. The Morgan fingerprint density at radius 1 is 1.30 bits per heavy atom. The Morgan fingerprint density at radius 2 is 2.09 bits per heavy atom. The van der Waals surface area contributed by atoms with Crippen LogP contribution < -0.4 is 0 Å². The molecular weight excluding hydrogens is 310 g/mol. The van der Waals surface area contributed by atoms with Gasteiger partial charge < -0.3 is 4.57 Å². The lowest BCUT2D eigenvalue weighted by molar-refractivity contribution is -0.122. The molecule has 5 nitrogen and oxygen atoms in total. The van der Waals surface area contributed by atoms with Crippen molar-refractivity contribution < 1.29 is 9.59 Å². The Hall–Kier alpha value is -2.34. The first-order valence-corrected chi connectivity index (χ1v) is 8.19. The number of thioether (sulfide) groups is 1. The molecule has 0 saturated carbocycles. The van der Waals surface area contributed by atoms with Crippen LogP contribution in [-0.4, -0.2) is 32.1 Å². The molecule has 0 N–H and O–H groups in total. The van der Waals surface area contributed by atoms with Gasteiger partial charge in [-0.05, 0) is 62.4 Å². The maximum atomic E-state index is 12.2. The van der Waals surface area contributed by atoms with Crippen LogP contribution >= 0.6 is 11.8 Å². The zero-order valence-corrected chi connectivity index (χ0v) is 14.1. The lowest BCUT2D eigenvalue weighted by Gasteiger charge is -2.08. The number of hydrogen-bond acceptors (Lipinski definition) is 4. The fourth-order valence-corrected chi connectivity index (χ4v) is 3.62. The highest BCUT2D eigenvalue weighted by Crippen LogP contribution is 2.33. The third-order valence-electron chi connectivity index (χ3n) is 3.85. The molecule has 1 aliphatic heterocycles. The summed E-state index contributed by atoms with van der Waals surface area (Å²) in [5.41, 5.74) is 3.98. The number of likely N-dealkylation sites (N-methyl/N-ethyl adjacent to an activating group) is 1. The van der Waals surface area contributed by atoms with Crippen molar-refractivity contribution in [3.8, 4) is 5.69 Å². The van der Waals surface area contributed by atoms with E-state index in [-0.39, 0.29) is 11.1 Å². The molecule has 118 valence electrons. The Balaban J connectivity index is 2.02. The van der Waals surface area contributed by atoms with Crippen molar-refractivity contribution >= 4 is 29.0 Å². The summed E-state index contributed by atoms with van der Waals surface area (Å²) in [6.07, 6.45) is 5.34. The highest BCUT2D eigenvalue weighted by atomic mass is 32.2. The van der Waals surface area contributed by atoms with E-state index in [1.165, 1.54) is 4.90 Å². The van der Waals surface area contributed by atoms with Gasteiger partial charge in [-0.2, -0.15) is 0 Å². The van der Waals surface area contributed by atoms with Crippen LogP contribution in [0.25, 0.3) is 11.8 Å². The molecular formula is C17H17N3O2S. The number of imide groups is 1. The molecule has 6 heteroatoms. The summed E-state index contributed by atoms with van der Waals surface area (Å²) < 4.78 is 2.09. The molecule has 0 radical (unpaired) electrons. The van der Waals surface area contributed by atoms with Crippen molar-refractivity contribution in [3.63, 3.8) is 0 Å². The lowest BCUT2D eigenvalue weighted by atomic mass is 10.2. The number of carbonyl (C=O) groups excluding carboxylic acids is 2.